The van der Waals surface area contributed by atoms with Crippen LogP contribution in [0.4, 0.5) is 0 Å². The van der Waals surface area contributed by atoms with E-state index in [9.17, 15) is 4.79 Å². The lowest BCUT2D eigenvalue weighted by Crippen LogP contribution is -2.56. The van der Waals surface area contributed by atoms with E-state index in [1.807, 2.05) is 4.90 Å². The number of nitrogens with one attached hydrogen (secondary N) is 1. The molecule has 0 saturated carbocycles. The molecule has 0 bridgehead atoms. The number of carbonyl (C=O) groups is 1. The third kappa shape index (κ3) is 4.10. The number of rotatable bonds is 6. The van der Waals surface area contributed by atoms with E-state index in [1.165, 1.54) is 19.3 Å². The van der Waals surface area contributed by atoms with E-state index in [-0.39, 0.29) is 11.9 Å². The van der Waals surface area contributed by atoms with Crippen LogP contribution in [0, 0.1) is 0 Å². The van der Waals surface area contributed by atoms with Gasteiger partial charge in [-0.1, -0.05) is 26.2 Å². The zero-order valence-electron chi connectivity index (χ0n) is 10.4. The van der Waals surface area contributed by atoms with Gasteiger partial charge in [0.2, 0.25) is 5.91 Å². The number of hydrogen-bond acceptors (Lipinski definition) is 3. The molecule has 0 radical (unpaired) electrons. The van der Waals surface area contributed by atoms with Crippen LogP contribution in [-0.2, 0) is 4.79 Å². The summed E-state index contributed by atoms with van der Waals surface area (Å²) in [5.41, 5.74) is 5.67. The van der Waals surface area contributed by atoms with Crippen molar-refractivity contribution < 1.29 is 4.79 Å². The van der Waals surface area contributed by atoms with Crippen LogP contribution in [0.5, 0.6) is 0 Å². The van der Waals surface area contributed by atoms with Crippen LogP contribution in [0.15, 0.2) is 0 Å². The molecule has 0 aromatic heterocycles. The van der Waals surface area contributed by atoms with Crippen molar-refractivity contribution in [3.8, 4) is 0 Å². The highest BCUT2D eigenvalue weighted by Gasteiger charge is 2.24. The topological polar surface area (TPSA) is 58.4 Å². The number of unbranched alkanes of at least 4 members (excludes halogenated alkanes) is 3. The molecule has 0 spiro atoms. The van der Waals surface area contributed by atoms with Crippen LogP contribution in [-0.4, -0.2) is 43.0 Å². The van der Waals surface area contributed by atoms with Gasteiger partial charge in [-0.2, -0.15) is 0 Å². The minimum Gasteiger partial charge on any atom is -0.336 e. The Labute approximate surface area is 98.6 Å². The highest BCUT2D eigenvalue weighted by molar-refractivity contribution is 5.76. The predicted molar refractivity (Wildman–Crippen MR) is 66.2 cm³/mol. The van der Waals surface area contributed by atoms with Gasteiger partial charge in [0, 0.05) is 32.6 Å². The van der Waals surface area contributed by atoms with Gasteiger partial charge in [0.1, 0.15) is 0 Å². The van der Waals surface area contributed by atoms with Crippen molar-refractivity contribution in [2.24, 2.45) is 5.73 Å². The normalized spacial score (nSPS) is 21.1. The number of piperazine rings is 1. The Morgan fingerprint density at radius 3 is 2.94 bits per heavy atom. The summed E-state index contributed by atoms with van der Waals surface area (Å²) in [6, 6.07) is 0.201. The highest BCUT2D eigenvalue weighted by Crippen LogP contribution is 2.09. The van der Waals surface area contributed by atoms with Crippen molar-refractivity contribution in [2.45, 2.75) is 45.1 Å². The number of carbonyl (C=O) groups excluding carboxylic acids is 1. The molecule has 94 valence electrons. The van der Waals surface area contributed by atoms with Crippen molar-refractivity contribution in [3.05, 3.63) is 0 Å². The minimum atomic E-state index is 0.201. The highest BCUT2D eigenvalue weighted by atomic mass is 16.2. The van der Waals surface area contributed by atoms with Crippen molar-refractivity contribution in [3.63, 3.8) is 0 Å². The van der Waals surface area contributed by atoms with E-state index in [1.54, 1.807) is 0 Å². The summed E-state index contributed by atoms with van der Waals surface area (Å²) >= 11 is 0. The van der Waals surface area contributed by atoms with Gasteiger partial charge in [0.05, 0.1) is 6.04 Å². The largest absolute Gasteiger partial charge is 0.336 e. The first-order valence-corrected chi connectivity index (χ1v) is 6.49. The van der Waals surface area contributed by atoms with Gasteiger partial charge >= 0.3 is 0 Å². The first kappa shape index (κ1) is 13.5. The third-order valence-corrected chi connectivity index (χ3v) is 3.19. The van der Waals surface area contributed by atoms with Crippen molar-refractivity contribution in [2.75, 3.05) is 26.2 Å². The summed E-state index contributed by atoms with van der Waals surface area (Å²) in [5, 5.41) is 3.27. The maximum absolute atomic E-state index is 12.0. The van der Waals surface area contributed by atoms with Gasteiger partial charge in [-0.3, -0.25) is 4.79 Å². The van der Waals surface area contributed by atoms with E-state index in [2.05, 4.69) is 12.2 Å². The minimum absolute atomic E-state index is 0.201. The Bertz CT molecular complexity index is 208. The molecule has 1 rings (SSSR count). The molecule has 4 nitrogen and oxygen atoms in total. The summed E-state index contributed by atoms with van der Waals surface area (Å²) in [5.74, 6) is 0.285. The maximum Gasteiger partial charge on any atom is 0.222 e. The first-order chi connectivity index (χ1) is 7.79. The molecule has 3 N–H and O–H groups in total. The van der Waals surface area contributed by atoms with Gasteiger partial charge in [-0.05, 0) is 6.42 Å². The summed E-state index contributed by atoms with van der Waals surface area (Å²) in [6.07, 6.45) is 5.33. The predicted octanol–water partition coefficient (Wildman–Crippen LogP) is 0.716. The maximum atomic E-state index is 12.0. The van der Waals surface area contributed by atoms with Crippen molar-refractivity contribution in [1.29, 1.82) is 0 Å². The van der Waals surface area contributed by atoms with Crippen LogP contribution >= 0.6 is 0 Å². The lowest BCUT2D eigenvalue weighted by molar-refractivity contribution is -0.134. The second kappa shape index (κ2) is 7.63. The Morgan fingerprint density at radius 2 is 2.25 bits per heavy atom. The van der Waals surface area contributed by atoms with Gasteiger partial charge in [-0.25, -0.2) is 0 Å². The van der Waals surface area contributed by atoms with Crippen LogP contribution < -0.4 is 11.1 Å². The van der Waals surface area contributed by atoms with Gasteiger partial charge < -0.3 is 16.0 Å². The molecule has 1 amide bonds. The number of nitrogens with zero attached hydrogens (tertiary/aromatic N) is 1. The van der Waals surface area contributed by atoms with Crippen molar-refractivity contribution >= 4 is 5.91 Å². The SMILES string of the molecule is CCCCCCC(=O)N1CCNCC1CN. The van der Waals surface area contributed by atoms with Crippen LogP contribution in [0.1, 0.15) is 39.0 Å². The Balaban J connectivity index is 2.27. The molecule has 16 heavy (non-hydrogen) atoms. The summed E-state index contributed by atoms with van der Waals surface area (Å²) in [4.78, 5) is 13.9. The molecular formula is C12H25N3O. The van der Waals surface area contributed by atoms with E-state index in [0.717, 1.165) is 26.1 Å². The molecular weight excluding hydrogens is 202 g/mol. The van der Waals surface area contributed by atoms with Gasteiger partial charge in [-0.15, -0.1) is 0 Å². The summed E-state index contributed by atoms with van der Waals surface area (Å²) in [7, 11) is 0. The van der Waals surface area contributed by atoms with E-state index < -0.39 is 0 Å². The number of amides is 1. The Kier molecular flexibility index (Phi) is 6.42. The molecule has 1 saturated heterocycles. The number of nitrogens with two attached hydrogens (primary N) is 1. The standard InChI is InChI=1S/C12H25N3O/c1-2-3-4-5-6-12(16)15-8-7-14-10-11(15)9-13/h11,14H,2-10,13H2,1H3. The van der Waals surface area contributed by atoms with Gasteiger partial charge in [0.25, 0.3) is 0 Å². The first-order valence-electron chi connectivity index (χ1n) is 6.49. The smallest absolute Gasteiger partial charge is 0.222 e. The lowest BCUT2D eigenvalue weighted by Gasteiger charge is -2.35. The van der Waals surface area contributed by atoms with Crippen LogP contribution in [0.2, 0.25) is 0 Å². The Morgan fingerprint density at radius 1 is 1.44 bits per heavy atom. The van der Waals surface area contributed by atoms with Crippen LogP contribution in [0.3, 0.4) is 0 Å². The van der Waals surface area contributed by atoms with Crippen molar-refractivity contribution in [1.82, 2.24) is 10.2 Å². The Hall–Kier alpha value is -0.610. The molecule has 1 unspecified atom stereocenters. The molecule has 1 atom stereocenters. The molecule has 1 heterocycles. The van der Waals surface area contributed by atoms with E-state index in [0.29, 0.717) is 13.0 Å². The molecule has 1 aliphatic heterocycles. The molecule has 1 aliphatic rings. The fraction of sp³-hybridized carbons (Fsp3) is 0.917. The molecule has 0 aromatic rings. The zero-order valence-corrected chi connectivity index (χ0v) is 10.4. The second-order valence-corrected chi connectivity index (χ2v) is 4.49. The lowest BCUT2D eigenvalue weighted by atomic mass is 10.1. The van der Waals surface area contributed by atoms with Crippen LogP contribution in [0.25, 0.3) is 0 Å². The molecule has 1 fully saturated rings. The third-order valence-electron chi connectivity index (χ3n) is 3.19. The van der Waals surface area contributed by atoms with Gasteiger partial charge in [0.15, 0.2) is 0 Å². The fourth-order valence-corrected chi connectivity index (χ4v) is 2.15. The zero-order chi connectivity index (χ0) is 11.8. The monoisotopic (exact) mass is 227 g/mol. The second-order valence-electron chi connectivity index (χ2n) is 4.49. The molecule has 0 aliphatic carbocycles. The quantitative estimate of drug-likeness (QED) is 0.657. The summed E-state index contributed by atoms with van der Waals surface area (Å²) in [6.45, 7) is 5.30. The van der Waals surface area contributed by atoms with E-state index >= 15 is 0 Å². The summed E-state index contributed by atoms with van der Waals surface area (Å²) < 4.78 is 0. The molecule has 0 aromatic carbocycles. The number of hydrogen-bond donors (Lipinski definition) is 2. The average Bonchev–Trinajstić information content (AvgIpc) is 2.34. The molecule has 4 heteroatoms. The fourth-order valence-electron chi connectivity index (χ4n) is 2.15. The van der Waals surface area contributed by atoms with E-state index in [4.69, 9.17) is 5.73 Å². The average molecular weight is 227 g/mol.